The Morgan fingerprint density at radius 3 is 2.55 bits per heavy atom. The first-order valence-electron chi connectivity index (χ1n) is 17.7. The van der Waals surface area contributed by atoms with Crippen LogP contribution in [0.2, 0.25) is 0 Å². The summed E-state index contributed by atoms with van der Waals surface area (Å²) in [5.41, 5.74) is 2.48. The highest BCUT2D eigenvalue weighted by Gasteiger charge is 2.47. The molecule has 2 aromatic carbocycles. The number of likely N-dealkylation sites (tertiary alicyclic amines) is 1. The fourth-order valence-electron chi connectivity index (χ4n) is 6.30. The number of benzene rings is 2. The van der Waals surface area contributed by atoms with E-state index >= 15 is 0 Å². The summed E-state index contributed by atoms with van der Waals surface area (Å²) in [5.74, 6) is 0.842. The zero-order chi connectivity index (χ0) is 35.4. The van der Waals surface area contributed by atoms with Crippen LogP contribution < -0.4 is 9.64 Å². The number of carbonyl (C=O) groups excluding carboxylic acids is 1. The van der Waals surface area contributed by atoms with Crippen molar-refractivity contribution < 1.29 is 43.1 Å². The quantitative estimate of drug-likeness (QED) is 0.205. The zero-order valence-electron chi connectivity index (χ0n) is 30.6. The summed E-state index contributed by atoms with van der Waals surface area (Å²) in [6.07, 6.45) is 0.0104. The van der Waals surface area contributed by atoms with Crippen molar-refractivity contribution in [3.63, 3.8) is 0 Å². The van der Waals surface area contributed by atoms with Crippen molar-refractivity contribution in [3.8, 4) is 5.75 Å². The van der Waals surface area contributed by atoms with Crippen molar-refractivity contribution in [1.82, 2.24) is 4.90 Å². The Morgan fingerprint density at radius 2 is 1.82 bits per heavy atom. The molecular formula is C38H58N2O9. The standard InChI is InChI=1S/C38H58N2O9/c1-8-44-27-31-21-29(25-45-24-28(3)46-9-2)11-13-32(31)38(42)15-17-40(36(41)49-37(4,5)6)23-35(38)48-26-30-12-14-34-33(22-30)39(18-20-47-34)16-10-19-43-7/h11-14,21-22,28,35,42H,8-10,15-20,23-27H2,1-7H3/t28-,35+,38+/m1/s1. The van der Waals surface area contributed by atoms with Gasteiger partial charge in [-0.05, 0) is 82.3 Å². The van der Waals surface area contributed by atoms with E-state index in [1.807, 2.05) is 71.9 Å². The average Bonchev–Trinajstić information content (AvgIpc) is 3.06. The summed E-state index contributed by atoms with van der Waals surface area (Å²) in [6, 6.07) is 12.0. The number of aliphatic hydroxyl groups is 1. The molecule has 0 aliphatic carbocycles. The molecule has 11 heteroatoms. The third-order valence-corrected chi connectivity index (χ3v) is 8.71. The van der Waals surface area contributed by atoms with E-state index < -0.39 is 23.4 Å². The molecule has 0 aromatic heterocycles. The molecule has 2 aliphatic rings. The number of rotatable bonds is 17. The summed E-state index contributed by atoms with van der Waals surface area (Å²) in [7, 11) is 1.72. The second-order valence-electron chi connectivity index (χ2n) is 13.8. The topological polar surface area (TPSA) is 108 Å². The van der Waals surface area contributed by atoms with Crippen LogP contribution in [0.25, 0.3) is 0 Å². The predicted octanol–water partition coefficient (Wildman–Crippen LogP) is 5.81. The van der Waals surface area contributed by atoms with Gasteiger partial charge in [0, 0.05) is 46.4 Å². The van der Waals surface area contributed by atoms with Gasteiger partial charge in [-0.15, -0.1) is 0 Å². The van der Waals surface area contributed by atoms with E-state index in [0.717, 1.165) is 53.2 Å². The van der Waals surface area contributed by atoms with Crippen LogP contribution in [0.5, 0.6) is 5.75 Å². The van der Waals surface area contributed by atoms with Gasteiger partial charge in [0.2, 0.25) is 0 Å². The number of hydrogen-bond acceptors (Lipinski definition) is 10. The summed E-state index contributed by atoms with van der Waals surface area (Å²) in [4.78, 5) is 17.2. The van der Waals surface area contributed by atoms with Crippen LogP contribution in [0, 0.1) is 0 Å². The Labute approximate surface area is 292 Å². The van der Waals surface area contributed by atoms with Gasteiger partial charge in [-0.3, -0.25) is 0 Å². The molecule has 3 atom stereocenters. The number of piperidine rings is 1. The van der Waals surface area contributed by atoms with Crippen LogP contribution in [-0.4, -0.2) is 100 Å². The molecule has 49 heavy (non-hydrogen) atoms. The maximum absolute atomic E-state index is 13.2. The van der Waals surface area contributed by atoms with E-state index in [1.165, 1.54) is 0 Å². The van der Waals surface area contributed by atoms with Crippen LogP contribution in [0.3, 0.4) is 0 Å². The molecule has 0 radical (unpaired) electrons. The SMILES string of the molecule is CCOCc1cc(COC[C@@H](C)OCC)ccc1[C@@]1(O)CCN(C(=O)OC(C)(C)C)C[C@@H]1OCc1ccc2c(c1)N(CCCOC)CCO2. The molecule has 0 bridgehead atoms. The van der Waals surface area contributed by atoms with Gasteiger partial charge < -0.3 is 48.1 Å². The number of carbonyl (C=O) groups is 1. The number of methoxy groups -OCH3 is 1. The summed E-state index contributed by atoms with van der Waals surface area (Å²) >= 11 is 0. The van der Waals surface area contributed by atoms with E-state index in [-0.39, 0.29) is 25.7 Å². The molecule has 1 saturated heterocycles. The highest BCUT2D eigenvalue weighted by molar-refractivity contribution is 5.68. The van der Waals surface area contributed by atoms with E-state index in [9.17, 15) is 9.90 Å². The van der Waals surface area contributed by atoms with Crippen LogP contribution in [0.1, 0.15) is 76.6 Å². The molecule has 1 fully saturated rings. The molecule has 11 nitrogen and oxygen atoms in total. The predicted molar refractivity (Wildman–Crippen MR) is 188 cm³/mol. The number of fused-ring (bicyclic) bond motifs is 1. The normalized spacial score (nSPS) is 20.1. The van der Waals surface area contributed by atoms with Crippen LogP contribution in [0.4, 0.5) is 10.5 Å². The third kappa shape index (κ3) is 11.0. The van der Waals surface area contributed by atoms with Gasteiger partial charge in [0.25, 0.3) is 0 Å². The minimum absolute atomic E-state index is 0.00215. The first-order chi connectivity index (χ1) is 23.5. The van der Waals surface area contributed by atoms with Gasteiger partial charge in [0.1, 0.15) is 29.7 Å². The minimum atomic E-state index is -1.39. The molecule has 1 N–H and O–H groups in total. The van der Waals surface area contributed by atoms with Gasteiger partial charge in [0.15, 0.2) is 0 Å². The average molecular weight is 687 g/mol. The molecule has 2 aromatic rings. The Kier molecular flexibility index (Phi) is 14.6. The smallest absolute Gasteiger partial charge is 0.410 e. The number of hydrogen-bond donors (Lipinski definition) is 1. The van der Waals surface area contributed by atoms with Gasteiger partial charge in [-0.1, -0.05) is 24.3 Å². The lowest BCUT2D eigenvalue weighted by Crippen LogP contribution is -2.57. The van der Waals surface area contributed by atoms with Crippen LogP contribution in [0.15, 0.2) is 36.4 Å². The van der Waals surface area contributed by atoms with Crippen molar-refractivity contribution in [1.29, 1.82) is 0 Å². The molecule has 4 rings (SSSR count). The van der Waals surface area contributed by atoms with E-state index in [1.54, 1.807) is 12.0 Å². The van der Waals surface area contributed by atoms with Gasteiger partial charge in [-0.25, -0.2) is 4.79 Å². The number of amides is 1. The van der Waals surface area contributed by atoms with Gasteiger partial charge in [0.05, 0.1) is 51.3 Å². The molecule has 274 valence electrons. The summed E-state index contributed by atoms with van der Waals surface area (Å²) < 4.78 is 41.0. The lowest BCUT2D eigenvalue weighted by molar-refractivity contribution is -0.155. The zero-order valence-corrected chi connectivity index (χ0v) is 30.6. The highest BCUT2D eigenvalue weighted by Crippen LogP contribution is 2.39. The van der Waals surface area contributed by atoms with E-state index in [0.29, 0.717) is 52.8 Å². The first-order valence-corrected chi connectivity index (χ1v) is 17.7. The third-order valence-electron chi connectivity index (χ3n) is 8.71. The molecular weight excluding hydrogens is 628 g/mol. The number of anilines is 1. The molecule has 0 unspecified atom stereocenters. The van der Waals surface area contributed by atoms with Crippen molar-refractivity contribution in [3.05, 3.63) is 58.7 Å². The fourth-order valence-corrected chi connectivity index (χ4v) is 6.30. The van der Waals surface area contributed by atoms with E-state index in [2.05, 4.69) is 11.0 Å². The van der Waals surface area contributed by atoms with E-state index in [4.69, 9.17) is 33.2 Å². The number of nitrogens with zero attached hydrogens (tertiary/aromatic N) is 2. The molecule has 2 aliphatic heterocycles. The first kappa shape index (κ1) is 38.9. The Balaban J connectivity index is 1.60. The van der Waals surface area contributed by atoms with Crippen molar-refractivity contribution in [2.45, 2.75) is 97.6 Å². The molecule has 1 amide bonds. The van der Waals surface area contributed by atoms with Crippen molar-refractivity contribution in [2.24, 2.45) is 0 Å². The molecule has 0 saturated carbocycles. The Hall–Kier alpha value is -2.93. The largest absolute Gasteiger partial charge is 0.490 e. The summed E-state index contributed by atoms with van der Waals surface area (Å²) in [6.45, 7) is 17.5. The maximum atomic E-state index is 13.2. The lowest BCUT2D eigenvalue weighted by Gasteiger charge is -2.45. The molecule has 0 spiro atoms. The van der Waals surface area contributed by atoms with Gasteiger partial charge in [-0.2, -0.15) is 0 Å². The fraction of sp³-hybridized carbons (Fsp3) is 0.658. The second-order valence-corrected chi connectivity index (χ2v) is 13.8. The minimum Gasteiger partial charge on any atom is -0.490 e. The van der Waals surface area contributed by atoms with Crippen LogP contribution in [-0.2, 0) is 53.8 Å². The number of ether oxygens (including phenoxy) is 7. The van der Waals surface area contributed by atoms with Gasteiger partial charge >= 0.3 is 6.09 Å². The summed E-state index contributed by atoms with van der Waals surface area (Å²) in [5, 5.41) is 12.6. The van der Waals surface area contributed by atoms with Crippen LogP contribution >= 0.6 is 0 Å². The van der Waals surface area contributed by atoms with Crippen molar-refractivity contribution in [2.75, 3.05) is 71.2 Å². The molecule has 2 heterocycles. The highest BCUT2D eigenvalue weighted by atomic mass is 16.6. The second kappa shape index (κ2) is 18.3. The monoisotopic (exact) mass is 686 g/mol. The lowest BCUT2D eigenvalue weighted by atomic mass is 9.79. The Bertz CT molecular complexity index is 1330. The van der Waals surface area contributed by atoms with Crippen molar-refractivity contribution >= 4 is 11.8 Å². The Morgan fingerprint density at radius 1 is 1.04 bits per heavy atom. The maximum Gasteiger partial charge on any atom is 0.410 e.